The maximum Gasteiger partial charge on any atom is 0.246 e. The largest absolute Gasteiger partial charge is 0.383 e. The number of carbonyl (C=O) groups is 1. The van der Waals surface area contributed by atoms with Crippen LogP contribution in [0, 0.1) is 5.82 Å². The normalized spacial score (nSPS) is 11.9. The highest BCUT2D eigenvalue weighted by Gasteiger charge is 2.19. The molecule has 0 aliphatic heterocycles. The molecule has 4 nitrogen and oxygen atoms in total. The lowest BCUT2D eigenvalue weighted by atomic mass is 10.1. The minimum atomic E-state index is -0.499. The van der Waals surface area contributed by atoms with E-state index in [9.17, 15) is 9.18 Å². The van der Waals surface area contributed by atoms with E-state index in [4.69, 9.17) is 4.74 Å². The Kier molecular flexibility index (Phi) is 6.06. The van der Waals surface area contributed by atoms with Gasteiger partial charge in [0.2, 0.25) is 5.91 Å². The Labute approximate surface area is 129 Å². The van der Waals surface area contributed by atoms with Crippen molar-refractivity contribution in [1.29, 1.82) is 0 Å². The third-order valence-electron chi connectivity index (χ3n) is 3.16. The van der Waals surface area contributed by atoms with Gasteiger partial charge in [0, 0.05) is 19.3 Å². The van der Waals surface area contributed by atoms with Crippen molar-refractivity contribution in [2.75, 3.05) is 25.6 Å². The van der Waals surface area contributed by atoms with Crippen molar-refractivity contribution in [1.82, 2.24) is 5.32 Å². The molecule has 22 heavy (non-hydrogen) atoms. The van der Waals surface area contributed by atoms with Gasteiger partial charge in [-0.2, -0.15) is 0 Å². The highest BCUT2D eigenvalue weighted by molar-refractivity contribution is 5.95. The van der Waals surface area contributed by atoms with Crippen LogP contribution in [0.15, 0.2) is 54.6 Å². The van der Waals surface area contributed by atoms with E-state index in [-0.39, 0.29) is 11.7 Å². The minimum Gasteiger partial charge on any atom is -0.383 e. The highest BCUT2D eigenvalue weighted by Crippen LogP contribution is 2.16. The van der Waals surface area contributed by atoms with Crippen molar-refractivity contribution < 1.29 is 13.9 Å². The Bertz CT molecular complexity index is 587. The number of halogens is 1. The standard InChI is InChI=1S/C17H19FN2O2/c1-22-12-11-19-16(13-5-3-2-4-6-13)17(21)20-15-9-7-14(18)8-10-15/h2-10,16,19H,11-12H2,1H3,(H,20,21). The van der Waals surface area contributed by atoms with Crippen LogP contribution < -0.4 is 10.6 Å². The van der Waals surface area contributed by atoms with Gasteiger partial charge < -0.3 is 10.1 Å². The van der Waals surface area contributed by atoms with Gasteiger partial charge in [-0.1, -0.05) is 30.3 Å². The van der Waals surface area contributed by atoms with E-state index >= 15 is 0 Å². The maximum absolute atomic E-state index is 12.9. The molecule has 2 rings (SSSR count). The van der Waals surface area contributed by atoms with Crippen molar-refractivity contribution in [2.45, 2.75) is 6.04 Å². The summed E-state index contributed by atoms with van der Waals surface area (Å²) in [5.74, 6) is -0.537. The fourth-order valence-corrected chi connectivity index (χ4v) is 2.06. The second-order valence-corrected chi connectivity index (χ2v) is 4.79. The first-order valence-corrected chi connectivity index (χ1v) is 7.04. The van der Waals surface area contributed by atoms with Crippen LogP contribution in [-0.4, -0.2) is 26.2 Å². The van der Waals surface area contributed by atoms with Crippen molar-refractivity contribution in [3.05, 3.63) is 66.0 Å². The highest BCUT2D eigenvalue weighted by atomic mass is 19.1. The molecular weight excluding hydrogens is 283 g/mol. The minimum absolute atomic E-state index is 0.200. The topological polar surface area (TPSA) is 50.4 Å². The Hall–Kier alpha value is -2.24. The Morgan fingerprint density at radius 2 is 1.82 bits per heavy atom. The van der Waals surface area contributed by atoms with Crippen LogP contribution in [0.2, 0.25) is 0 Å². The summed E-state index contributed by atoms with van der Waals surface area (Å²) >= 11 is 0. The van der Waals surface area contributed by atoms with Gasteiger partial charge in [-0.25, -0.2) is 4.39 Å². The molecule has 0 aliphatic rings. The maximum atomic E-state index is 12.9. The molecule has 116 valence electrons. The van der Waals surface area contributed by atoms with Gasteiger partial charge in [0.25, 0.3) is 0 Å². The van der Waals surface area contributed by atoms with Gasteiger partial charge in [0.1, 0.15) is 11.9 Å². The first-order valence-electron chi connectivity index (χ1n) is 7.04. The number of carbonyl (C=O) groups excluding carboxylic acids is 1. The van der Waals surface area contributed by atoms with Gasteiger partial charge in [-0.15, -0.1) is 0 Å². The van der Waals surface area contributed by atoms with Crippen LogP contribution in [0.25, 0.3) is 0 Å². The van der Waals surface area contributed by atoms with Crippen LogP contribution in [0.4, 0.5) is 10.1 Å². The first kappa shape index (κ1) is 16.1. The molecule has 1 atom stereocenters. The molecule has 2 aromatic rings. The lowest BCUT2D eigenvalue weighted by Crippen LogP contribution is -2.34. The fourth-order valence-electron chi connectivity index (χ4n) is 2.06. The summed E-state index contributed by atoms with van der Waals surface area (Å²) in [5, 5.41) is 5.94. The van der Waals surface area contributed by atoms with Gasteiger partial charge in [0.15, 0.2) is 0 Å². The van der Waals surface area contributed by atoms with Crippen molar-refractivity contribution in [3.63, 3.8) is 0 Å². The van der Waals surface area contributed by atoms with Gasteiger partial charge in [-0.05, 0) is 29.8 Å². The summed E-state index contributed by atoms with van der Waals surface area (Å²) in [6.07, 6.45) is 0. The molecular formula is C17H19FN2O2. The second kappa shape index (κ2) is 8.26. The van der Waals surface area contributed by atoms with Crippen LogP contribution in [0.1, 0.15) is 11.6 Å². The van der Waals surface area contributed by atoms with Crippen molar-refractivity contribution >= 4 is 11.6 Å². The average molecular weight is 302 g/mol. The van der Waals surface area contributed by atoms with Crippen LogP contribution in [-0.2, 0) is 9.53 Å². The summed E-state index contributed by atoms with van der Waals surface area (Å²) in [7, 11) is 1.61. The molecule has 1 amide bonds. The zero-order chi connectivity index (χ0) is 15.8. The molecule has 0 saturated heterocycles. The molecule has 0 fully saturated rings. The number of amides is 1. The molecule has 0 saturated carbocycles. The summed E-state index contributed by atoms with van der Waals surface area (Å²) in [6.45, 7) is 1.06. The Morgan fingerprint density at radius 1 is 1.14 bits per heavy atom. The summed E-state index contributed by atoms with van der Waals surface area (Å²) in [4.78, 5) is 12.5. The number of hydrogen-bond donors (Lipinski definition) is 2. The van der Waals surface area contributed by atoms with E-state index < -0.39 is 6.04 Å². The molecule has 0 aliphatic carbocycles. The van der Waals surface area contributed by atoms with Crippen molar-refractivity contribution in [3.8, 4) is 0 Å². The predicted octanol–water partition coefficient (Wildman–Crippen LogP) is 2.74. The molecule has 0 bridgehead atoms. The van der Waals surface area contributed by atoms with E-state index in [1.807, 2.05) is 30.3 Å². The van der Waals surface area contributed by atoms with E-state index in [0.29, 0.717) is 18.8 Å². The molecule has 0 aromatic heterocycles. The number of nitrogens with one attached hydrogen (secondary N) is 2. The number of methoxy groups -OCH3 is 1. The van der Waals surface area contributed by atoms with E-state index in [0.717, 1.165) is 5.56 Å². The number of rotatable bonds is 7. The third kappa shape index (κ3) is 4.65. The summed E-state index contributed by atoms with van der Waals surface area (Å²) < 4.78 is 17.9. The molecule has 0 radical (unpaired) electrons. The molecule has 0 spiro atoms. The monoisotopic (exact) mass is 302 g/mol. The van der Waals surface area contributed by atoms with Crippen molar-refractivity contribution in [2.24, 2.45) is 0 Å². The average Bonchev–Trinajstić information content (AvgIpc) is 2.54. The number of hydrogen-bond acceptors (Lipinski definition) is 3. The van der Waals surface area contributed by atoms with Gasteiger partial charge in [-0.3, -0.25) is 10.1 Å². The summed E-state index contributed by atoms with van der Waals surface area (Å²) in [5.41, 5.74) is 1.42. The van der Waals surface area contributed by atoms with Crippen LogP contribution in [0.3, 0.4) is 0 Å². The number of ether oxygens (including phenoxy) is 1. The number of anilines is 1. The summed E-state index contributed by atoms with van der Waals surface area (Å²) in [6, 6.07) is 14.6. The Balaban J connectivity index is 2.09. The zero-order valence-electron chi connectivity index (χ0n) is 12.4. The lowest BCUT2D eigenvalue weighted by molar-refractivity contribution is -0.118. The fraction of sp³-hybridized carbons (Fsp3) is 0.235. The predicted molar refractivity (Wildman–Crippen MR) is 84.1 cm³/mol. The SMILES string of the molecule is COCCNC(C(=O)Nc1ccc(F)cc1)c1ccccc1. The third-order valence-corrected chi connectivity index (χ3v) is 3.16. The lowest BCUT2D eigenvalue weighted by Gasteiger charge is -2.18. The Morgan fingerprint density at radius 3 is 2.45 bits per heavy atom. The van der Waals surface area contributed by atoms with E-state index in [1.54, 1.807) is 7.11 Å². The molecule has 0 heterocycles. The zero-order valence-corrected chi connectivity index (χ0v) is 12.4. The van der Waals surface area contributed by atoms with Gasteiger partial charge in [0.05, 0.1) is 6.61 Å². The molecule has 1 unspecified atom stereocenters. The second-order valence-electron chi connectivity index (χ2n) is 4.79. The van der Waals surface area contributed by atoms with Crippen LogP contribution in [0.5, 0.6) is 0 Å². The smallest absolute Gasteiger partial charge is 0.246 e. The van der Waals surface area contributed by atoms with Crippen LogP contribution >= 0.6 is 0 Å². The molecule has 5 heteroatoms. The first-order chi connectivity index (χ1) is 10.7. The van der Waals surface area contributed by atoms with E-state index in [2.05, 4.69) is 10.6 Å². The number of benzene rings is 2. The molecule has 2 aromatic carbocycles. The van der Waals surface area contributed by atoms with Gasteiger partial charge >= 0.3 is 0 Å². The molecule has 2 N–H and O–H groups in total. The quantitative estimate of drug-likeness (QED) is 0.773. The van der Waals surface area contributed by atoms with E-state index in [1.165, 1.54) is 24.3 Å².